The SMILES string of the molecule is CC(=O)Nc1ccc(C(=O)O)cc1N=[N+]=[N-].CON(C)C(=O)c1ccc(NC(C)=O)c(N=[N+]=[N-])c1. The van der Waals surface area contributed by atoms with Gasteiger partial charge >= 0.3 is 5.97 Å². The van der Waals surface area contributed by atoms with Gasteiger partial charge in [0.25, 0.3) is 5.91 Å². The van der Waals surface area contributed by atoms with E-state index in [2.05, 4.69) is 30.7 Å². The van der Waals surface area contributed by atoms with Crippen LogP contribution in [-0.4, -0.2) is 48.0 Å². The molecule has 0 aliphatic heterocycles. The molecule has 0 aliphatic rings. The highest BCUT2D eigenvalue weighted by Crippen LogP contribution is 2.27. The minimum absolute atomic E-state index is 0.0171. The zero-order valence-electron chi connectivity index (χ0n) is 19.1. The number of nitrogens with zero attached hydrogens (tertiary/aromatic N) is 7. The van der Waals surface area contributed by atoms with Gasteiger partial charge in [-0.25, -0.2) is 9.86 Å². The summed E-state index contributed by atoms with van der Waals surface area (Å²) >= 11 is 0. The third kappa shape index (κ3) is 8.75. The summed E-state index contributed by atoms with van der Waals surface area (Å²) < 4.78 is 0. The largest absolute Gasteiger partial charge is 0.478 e. The smallest absolute Gasteiger partial charge is 0.335 e. The van der Waals surface area contributed by atoms with E-state index in [-0.39, 0.29) is 40.0 Å². The van der Waals surface area contributed by atoms with Crippen molar-refractivity contribution in [1.29, 1.82) is 0 Å². The molecule has 3 amide bonds. The summed E-state index contributed by atoms with van der Waals surface area (Å²) in [7, 11) is 2.81. The first kappa shape index (κ1) is 27.9. The highest BCUT2D eigenvalue weighted by atomic mass is 16.7. The molecule has 35 heavy (non-hydrogen) atoms. The second-order valence-corrected chi connectivity index (χ2v) is 6.50. The Hall–Kier alpha value is -5.10. The van der Waals surface area contributed by atoms with Crippen molar-refractivity contribution >= 4 is 46.4 Å². The minimum atomic E-state index is -1.14. The number of amides is 3. The Morgan fingerprint density at radius 1 is 0.886 bits per heavy atom. The van der Waals surface area contributed by atoms with Gasteiger partial charge in [-0.3, -0.25) is 19.2 Å². The molecule has 182 valence electrons. The molecule has 0 radical (unpaired) electrons. The Kier molecular flexibility index (Phi) is 10.7. The van der Waals surface area contributed by atoms with Gasteiger partial charge in [0, 0.05) is 36.3 Å². The van der Waals surface area contributed by atoms with Crippen molar-refractivity contribution in [1.82, 2.24) is 5.06 Å². The molecule has 0 aliphatic carbocycles. The topological polar surface area (TPSA) is 223 Å². The summed E-state index contributed by atoms with van der Waals surface area (Å²) in [4.78, 5) is 54.3. The number of azide groups is 2. The summed E-state index contributed by atoms with van der Waals surface area (Å²) in [6.07, 6.45) is 0. The zero-order chi connectivity index (χ0) is 26.5. The van der Waals surface area contributed by atoms with Crippen LogP contribution in [0.25, 0.3) is 20.9 Å². The number of nitrogens with one attached hydrogen (secondary N) is 2. The van der Waals surface area contributed by atoms with Crippen molar-refractivity contribution in [2.45, 2.75) is 13.8 Å². The minimum Gasteiger partial charge on any atom is -0.478 e. The summed E-state index contributed by atoms with van der Waals surface area (Å²) in [5, 5.41) is 21.4. The van der Waals surface area contributed by atoms with E-state index in [9.17, 15) is 19.2 Å². The number of anilines is 2. The Bertz CT molecular complexity index is 1230. The van der Waals surface area contributed by atoms with Crippen molar-refractivity contribution in [3.05, 3.63) is 68.4 Å². The summed E-state index contributed by atoms with van der Waals surface area (Å²) in [6, 6.07) is 8.23. The molecule has 15 heteroatoms. The van der Waals surface area contributed by atoms with E-state index in [1.807, 2.05) is 0 Å². The van der Waals surface area contributed by atoms with Crippen molar-refractivity contribution < 1.29 is 29.1 Å². The number of hydrogen-bond donors (Lipinski definition) is 3. The lowest BCUT2D eigenvalue weighted by molar-refractivity contribution is -0.115. The molecule has 0 aromatic heterocycles. The molecule has 0 unspecified atom stereocenters. The van der Waals surface area contributed by atoms with Crippen LogP contribution in [-0.2, 0) is 14.4 Å². The number of carbonyl (C=O) groups is 4. The summed E-state index contributed by atoms with van der Waals surface area (Å²) in [6.45, 7) is 2.63. The van der Waals surface area contributed by atoms with Crippen LogP contribution in [0.1, 0.15) is 34.6 Å². The first-order valence-corrected chi connectivity index (χ1v) is 9.53. The van der Waals surface area contributed by atoms with E-state index in [1.54, 1.807) is 0 Å². The molecule has 2 rings (SSSR count). The van der Waals surface area contributed by atoms with E-state index in [1.165, 1.54) is 64.4 Å². The number of rotatable bonds is 7. The Balaban J connectivity index is 0.000000355. The maximum atomic E-state index is 11.8. The van der Waals surface area contributed by atoms with Gasteiger partial charge in [0.15, 0.2) is 0 Å². The molecule has 0 saturated carbocycles. The van der Waals surface area contributed by atoms with Crippen LogP contribution in [0, 0.1) is 0 Å². The lowest BCUT2D eigenvalue weighted by Gasteiger charge is -2.14. The fourth-order valence-corrected chi connectivity index (χ4v) is 2.45. The molecule has 0 bridgehead atoms. The second-order valence-electron chi connectivity index (χ2n) is 6.50. The predicted molar refractivity (Wildman–Crippen MR) is 125 cm³/mol. The highest BCUT2D eigenvalue weighted by molar-refractivity contribution is 5.98. The third-order valence-corrected chi connectivity index (χ3v) is 3.98. The maximum Gasteiger partial charge on any atom is 0.335 e. The third-order valence-electron chi connectivity index (χ3n) is 3.98. The summed E-state index contributed by atoms with van der Waals surface area (Å²) in [5.74, 6) is -2.17. The molecule has 0 spiro atoms. The molecule has 0 saturated heterocycles. The van der Waals surface area contributed by atoms with Gasteiger partial charge in [-0.15, -0.1) is 0 Å². The second kappa shape index (κ2) is 13.4. The first-order valence-electron chi connectivity index (χ1n) is 9.53. The molecule has 2 aromatic rings. The van der Waals surface area contributed by atoms with E-state index in [4.69, 9.17) is 21.0 Å². The van der Waals surface area contributed by atoms with Crippen molar-refractivity contribution in [2.24, 2.45) is 10.2 Å². The Morgan fingerprint density at radius 3 is 1.69 bits per heavy atom. The van der Waals surface area contributed by atoms with Crippen LogP contribution in [0.5, 0.6) is 0 Å². The average Bonchev–Trinajstić information content (AvgIpc) is 2.80. The van der Waals surface area contributed by atoms with Gasteiger partial charge in [0.1, 0.15) is 0 Å². The van der Waals surface area contributed by atoms with Gasteiger partial charge in [-0.2, -0.15) is 0 Å². The first-order chi connectivity index (χ1) is 16.5. The fraction of sp³-hybridized carbons (Fsp3) is 0.200. The van der Waals surface area contributed by atoms with Gasteiger partial charge in [-0.05, 0) is 47.5 Å². The number of carboxylic acids is 1. The number of carboxylic acid groups (broad SMARTS) is 1. The molecular weight excluding hydrogens is 462 g/mol. The number of hydroxylamine groups is 2. The number of carbonyl (C=O) groups excluding carboxylic acids is 3. The lowest BCUT2D eigenvalue weighted by Crippen LogP contribution is -2.25. The molecule has 15 nitrogen and oxygen atoms in total. The van der Waals surface area contributed by atoms with Crippen LogP contribution < -0.4 is 10.6 Å². The van der Waals surface area contributed by atoms with Gasteiger partial charge in [-0.1, -0.05) is 10.2 Å². The van der Waals surface area contributed by atoms with Crippen LogP contribution in [0.2, 0.25) is 0 Å². The Labute approximate surface area is 198 Å². The highest BCUT2D eigenvalue weighted by Gasteiger charge is 2.13. The summed E-state index contributed by atoms with van der Waals surface area (Å²) in [5.41, 5.74) is 17.9. The standard InChI is InChI=1S/C11H13N5O3.C9H8N4O3/c1-7(17)13-9-5-4-8(6-10(9)14-15-12)11(18)16(2)19-3;1-5(14)11-7-3-2-6(9(15)16)4-8(7)12-13-10/h4-6H,1-3H3,(H,13,17);2-4H,1H3,(H,11,14)(H,15,16). The van der Waals surface area contributed by atoms with Crippen LogP contribution >= 0.6 is 0 Å². The molecular formula is C20H21N9O6. The molecule has 2 aromatic carbocycles. The van der Waals surface area contributed by atoms with Crippen LogP contribution in [0.3, 0.4) is 0 Å². The molecule has 3 N–H and O–H groups in total. The van der Waals surface area contributed by atoms with E-state index < -0.39 is 11.9 Å². The zero-order valence-corrected chi connectivity index (χ0v) is 19.1. The quantitative estimate of drug-likeness (QED) is 0.222. The van der Waals surface area contributed by atoms with Crippen molar-refractivity contribution in [3.8, 4) is 0 Å². The van der Waals surface area contributed by atoms with Gasteiger partial charge < -0.3 is 15.7 Å². The van der Waals surface area contributed by atoms with E-state index in [0.717, 1.165) is 5.06 Å². The normalized spacial score (nSPS) is 9.26. The van der Waals surface area contributed by atoms with Crippen molar-refractivity contribution in [2.75, 3.05) is 24.8 Å². The van der Waals surface area contributed by atoms with Crippen LogP contribution in [0.15, 0.2) is 46.6 Å². The van der Waals surface area contributed by atoms with Gasteiger partial charge in [0.2, 0.25) is 11.8 Å². The van der Waals surface area contributed by atoms with Crippen molar-refractivity contribution in [3.63, 3.8) is 0 Å². The number of benzene rings is 2. The molecule has 0 fully saturated rings. The van der Waals surface area contributed by atoms with E-state index >= 15 is 0 Å². The monoisotopic (exact) mass is 483 g/mol. The Morgan fingerprint density at radius 2 is 1.31 bits per heavy atom. The number of hydrogen-bond acceptors (Lipinski definition) is 7. The average molecular weight is 483 g/mol. The molecule has 0 atom stereocenters. The maximum absolute atomic E-state index is 11.8. The lowest BCUT2D eigenvalue weighted by atomic mass is 10.1. The molecule has 0 heterocycles. The fourth-order valence-electron chi connectivity index (χ4n) is 2.45. The van der Waals surface area contributed by atoms with Crippen LogP contribution in [0.4, 0.5) is 22.7 Å². The number of aromatic carboxylic acids is 1. The predicted octanol–water partition coefficient (Wildman–Crippen LogP) is 4.51. The van der Waals surface area contributed by atoms with Gasteiger partial charge in [0.05, 0.1) is 35.4 Å². The van der Waals surface area contributed by atoms with E-state index in [0.29, 0.717) is 5.69 Å².